The molecule has 4 heterocycles. The molecule has 2 bridgehead atoms. The minimum atomic E-state index is -0.480. The molecule has 7 heteroatoms. The molecule has 3 atom stereocenters. The van der Waals surface area contributed by atoms with E-state index in [4.69, 9.17) is 5.73 Å². The van der Waals surface area contributed by atoms with E-state index in [1.807, 2.05) is 16.5 Å². The number of hydrogen-bond donors (Lipinski definition) is 2. The number of nitrogens with one attached hydrogen (secondary N) is 1. The number of carbonyl (C=O) groups is 2. The van der Waals surface area contributed by atoms with Crippen molar-refractivity contribution in [1.82, 2.24) is 19.8 Å². The molecule has 2 aromatic heterocycles. The maximum Gasteiger partial charge on any atom is 0.250 e. The standard InChI is InChI=1S/C21H27N5O2/c1-25(17-8-15-4-5-16(9-17)24-15)19(27)11-26-18(12-2-3-12)7-13-6-14(20(22)28)10-23-21(13)26/h6-7,10,12,15-17,24H,2-5,8-9,11H2,1H3,(H2,22,28)/t15-,16+,17?. The second kappa shape index (κ2) is 6.58. The molecule has 7 nitrogen and oxygen atoms in total. The van der Waals surface area contributed by atoms with E-state index in [-0.39, 0.29) is 5.91 Å². The minimum Gasteiger partial charge on any atom is -0.366 e. The summed E-state index contributed by atoms with van der Waals surface area (Å²) in [5.41, 5.74) is 7.72. The van der Waals surface area contributed by atoms with Crippen molar-refractivity contribution in [2.75, 3.05) is 7.05 Å². The van der Waals surface area contributed by atoms with E-state index in [2.05, 4.69) is 16.4 Å². The highest BCUT2D eigenvalue weighted by molar-refractivity contribution is 5.96. The second-order valence-electron chi connectivity index (χ2n) is 8.70. The molecule has 1 aliphatic carbocycles. The molecule has 3 N–H and O–H groups in total. The van der Waals surface area contributed by atoms with Gasteiger partial charge >= 0.3 is 0 Å². The lowest BCUT2D eigenvalue weighted by Crippen LogP contribution is -2.49. The van der Waals surface area contributed by atoms with Crippen molar-refractivity contribution in [3.05, 3.63) is 29.6 Å². The molecular formula is C21H27N5O2. The van der Waals surface area contributed by atoms with Crippen LogP contribution in [0.4, 0.5) is 0 Å². The van der Waals surface area contributed by atoms with Crippen LogP contribution in [0.15, 0.2) is 18.3 Å². The summed E-state index contributed by atoms with van der Waals surface area (Å²) >= 11 is 0. The first-order chi connectivity index (χ1) is 13.5. The lowest BCUT2D eigenvalue weighted by atomic mass is 9.98. The normalized spacial score (nSPS) is 26.5. The van der Waals surface area contributed by atoms with Gasteiger partial charge in [0.15, 0.2) is 0 Å². The molecule has 28 heavy (non-hydrogen) atoms. The monoisotopic (exact) mass is 381 g/mol. The first-order valence-corrected chi connectivity index (χ1v) is 10.3. The summed E-state index contributed by atoms with van der Waals surface area (Å²) in [6.07, 6.45) is 8.33. The molecule has 2 saturated heterocycles. The Morgan fingerprint density at radius 2 is 1.93 bits per heavy atom. The van der Waals surface area contributed by atoms with Crippen LogP contribution in [0.25, 0.3) is 11.0 Å². The van der Waals surface area contributed by atoms with Gasteiger partial charge in [0.25, 0.3) is 0 Å². The van der Waals surface area contributed by atoms with Gasteiger partial charge in [-0.25, -0.2) is 4.98 Å². The van der Waals surface area contributed by atoms with E-state index >= 15 is 0 Å². The molecule has 0 radical (unpaired) electrons. The zero-order chi connectivity index (χ0) is 19.4. The van der Waals surface area contributed by atoms with Crippen LogP contribution in [0.3, 0.4) is 0 Å². The van der Waals surface area contributed by atoms with Gasteiger partial charge in [-0.15, -0.1) is 0 Å². The van der Waals surface area contributed by atoms with E-state index < -0.39 is 5.91 Å². The zero-order valence-corrected chi connectivity index (χ0v) is 16.2. The van der Waals surface area contributed by atoms with Crippen LogP contribution in [0.1, 0.15) is 60.5 Å². The average Bonchev–Trinajstić information content (AvgIpc) is 3.40. The molecule has 148 valence electrons. The van der Waals surface area contributed by atoms with Gasteiger partial charge in [0.1, 0.15) is 12.2 Å². The summed E-state index contributed by atoms with van der Waals surface area (Å²) in [5.74, 6) is 0.136. The van der Waals surface area contributed by atoms with Gasteiger partial charge in [-0.3, -0.25) is 9.59 Å². The summed E-state index contributed by atoms with van der Waals surface area (Å²) in [4.78, 5) is 31.1. The highest BCUT2D eigenvalue weighted by Crippen LogP contribution is 2.42. The molecule has 3 aliphatic rings. The van der Waals surface area contributed by atoms with Gasteiger partial charge in [-0.2, -0.15) is 0 Å². The van der Waals surface area contributed by atoms with Crippen LogP contribution in [-0.4, -0.2) is 51.4 Å². The third kappa shape index (κ3) is 3.07. The number of aromatic nitrogens is 2. The number of piperidine rings is 1. The molecule has 0 spiro atoms. The molecule has 2 aromatic rings. The fourth-order valence-electron chi connectivity index (χ4n) is 4.98. The summed E-state index contributed by atoms with van der Waals surface area (Å²) in [7, 11) is 1.94. The van der Waals surface area contributed by atoms with Crippen molar-refractivity contribution in [1.29, 1.82) is 0 Å². The molecule has 2 aliphatic heterocycles. The zero-order valence-electron chi connectivity index (χ0n) is 16.2. The van der Waals surface area contributed by atoms with Crippen LogP contribution in [0, 0.1) is 0 Å². The Labute approximate surface area is 164 Å². The van der Waals surface area contributed by atoms with Gasteiger partial charge in [0.05, 0.1) is 5.56 Å². The summed E-state index contributed by atoms with van der Waals surface area (Å²) in [5, 5.41) is 4.52. The van der Waals surface area contributed by atoms with Gasteiger partial charge in [0.2, 0.25) is 11.8 Å². The van der Waals surface area contributed by atoms with Crippen molar-refractivity contribution in [3.63, 3.8) is 0 Å². The first-order valence-electron chi connectivity index (χ1n) is 10.3. The van der Waals surface area contributed by atoms with Crippen molar-refractivity contribution in [2.45, 2.75) is 69.1 Å². The SMILES string of the molecule is CN(C(=O)Cn1c(C2CC2)cc2cc(C(N)=O)cnc21)C1C[C@H]2CC[C@@H](C1)N2. The van der Waals surface area contributed by atoms with E-state index in [9.17, 15) is 9.59 Å². The van der Waals surface area contributed by atoms with E-state index in [1.54, 1.807) is 6.07 Å². The summed E-state index contributed by atoms with van der Waals surface area (Å²) < 4.78 is 2.05. The Balaban J connectivity index is 1.41. The van der Waals surface area contributed by atoms with Gasteiger partial charge < -0.3 is 20.5 Å². The van der Waals surface area contributed by atoms with Gasteiger partial charge in [0, 0.05) is 42.5 Å². The fourth-order valence-corrected chi connectivity index (χ4v) is 4.98. The highest BCUT2D eigenvalue weighted by Gasteiger charge is 2.37. The quantitative estimate of drug-likeness (QED) is 0.825. The lowest BCUT2D eigenvalue weighted by molar-refractivity contribution is -0.133. The maximum absolute atomic E-state index is 13.1. The van der Waals surface area contributed by atoms with Crippen LogP contribution >= 0.6 is 0 Å². The van der Waals surface area contributed by atoms with Gasteiger partial charge in [-0.1, -0.05) is 0 Å². The summed E-state index contributed by atoms with van der Waals surface area (Å²) in [6, 6.07) is 5.28. The third-order valence-electron chi connectivity index (χ3n) is 6.73. The molecule has 5 rings (SSSR count). The molecule has 1 unspecified atom stereocenters. The first kappa shape index (κ1) is 17.7. The van der Waals surface area contributed by atoms with E-state index in [0.717, 1.165) is 42.4 Å². The fraction of sp³-hybridized carbons (Fsp3) is 0.571. The molecule has 0 aromatic carbocycles. The number of rotatable bonds is 5. The largest absolute Gasteiger partial charge is 0.366 e. The predicted octanol–water partition coefficient (Wildman–Crippen LogP) is 1.75. The molecular weight excluding hydrogens is 354 g/mol. The Morgan fingerprint density at radius 3 is 2.57 bits per heavy atom. The van der Waals surface area contributed by atoms with Crippen molar-refractivity contribution in [3.8, 4) is 0 Å². The Bertz CT molecular complexity index is 936. The smallest absolute Gasteiger partial charge is 0.250 e. The summed E-state index contributed by atoms with van der Waals surface area (Å²) in [6.45, 7) is 0.300. The highest BCUT2D eigenvalue weighted by atomic mass is 16.2. The number of pyridine rings is 1. The van der Waals surface area contributed by atoms with Crippen molar-refractivity contribution in [2.24, 2.45) is 5.73 Å². The number of nitrogens with two attached hydrogens (primary N) is 1. The second-order valence-corrected chi connectivity index (χ2v) is 8.70. The lowest BCUT2D eigenvalue weighted by Gasteiger charge is -2.35. The van der Waals surface area contributed by atoms with Gasteiger partial charge in [-0.05, 0) is 56.6 Å². The number of amides is 2. The Hall–Kier alpha value is -2.41. The van der Waals surface area contributed by atoms with E-state index in [0.29, 0.717) is 36.2 Å². The third-order valence-corrected chi connectivity index (χ3v) is 6.73. The molecule has 3 fully saturated rings. The molecule has 1 saturated carbocycles. The number of carbonyl (C=O) groups excluding carboxylic acids is 2. The maximum atomic E-state index is 13.1. The number of nitrogens with zero attached hydrogens (tertiary/aromatic N) is 3. The van der Waals surface area contributed by atoms with Crippen molar-refractivity contribution >= 4 is 22.8 Å². The number of hydrogen-bond acceptors (Lipinski definition) is 4. The minimum absolute atomic E-state index is 0.131. The molecule has 2 amide bonds. The number of fused-ring (bicyclic) bond motifs is 3. The average molecular weight is 381 g/mol. The van der Waals surface area contributed by atoms with Crippen molar-refractivity contribution < 1.29 is 9.59 Å². The Kier molecular flexibility index (Phi) is 4.16. The van der Waals surface area contributed by atoms with Crippen LogP contribution in [0.2, 0.25) is 0 Å². The topological polar surface area (TPSA) is 93.3 Å². The number of primary amides is 1. The van der Waals surface area contributed by atoms with E-state index in [1.165, 1.54) is 19.0 Å². The Morgan fingerprint density at radius 1 is 1.21 bits per heavy atom. The van der Waals surface area contributed by atoms with Crippen LogP contribution in [-0.2, 0) is 11.3 Å². The predicted molar refractivity (Wildman–Crippen MR) is 106 cm³/mol. The number of likely N-dealkylation sites (N-methyl/N-ethyl adjacent to an activating group) is 1. The van der Waals surface area contributed by atoms with Crippen LogP contribution < -0.4 is 11.1 Å². The van der Waals surface area contributed by atoms with Crippen LogP contribution in [0.5, 0.6) is 0 Å².